The third-order valence-corrected chi connectivity index (χ3v) is 8.42. The van der Waals surface area contributed by atoms with Crippen molar-refractivity contribution in [1.29, 1.82) is 0 Å². The number of carbonyl (C=O) groups excluding carboxylic acids is 1. The second-order valence-electron chi connectivity index (χ2n) is 9.16. The van der Waals surface area contributed by atoms with Crippen molar-refractivity contribution in [1.82, 2.24) is 5.32 Å². The smallest absolute Gasteiger partial charge is 0.255 e. The fourth-order valence-corrected chi connectivity index (χ4v) is 5.93. The molecule has 1 heterocycles. The van der Waals surface area contributed by atoms with E-state index in [-0.39, 0.29) is 44.2 Å². The summed E-state index contributed by atoms with van der Waals surface area (Å²) in [5.41, 5.74) is 2.06. The van der Waals surface area contributed by atoms with Gasteiger partial charge in [-0.15, -0.1) is 0 Å². The van der Waals surface area contributed by atoms with E-state index in [1.54, 1.807) is 6.07 Å². The molecule has 3 aromatic carbocycles. The number of benzene rings is 3. The van der Waals surface area contributed by atoms with Crippen molar-refractivity contribution in [2.24, 2.45) is 0 Å². The van der Waals surface area contributed by atoms with Crippen LogP contribution in [0.4, 0.5) is 20.2 Å². The summed E-state index contributed by atoms with van der Waals surface area (Å²) in [7, 11) is -2.51. The molecule has 1 saturated carbocycles. The maximum absolute atomic E-state index is 14.7. The molecular weight excluding hydrogens is 582 g/mol. The molecule has 5 rings (SSSR count). The Bertz CT molecular complexity index is 1680. The SMILES string of the molecule is CNC(=O)c1c(-c2ccc(F)cc2)oc2cc(N(c3cc(F)c(Br)c(CO)c3)S(C)(=O)=O)c(C3CC3)cc12. The van der Waals surface area contributed by atoms with E-state index in [2.05, 4.69) is 21.2 Å². The third kappa shape index (κ3) is 4.70. The molecule has 2 N–H and O–H groups in total. The van der Waals surface area contributed by atoms with Crippen LogP contribution in [0.1, 0.15) is 40.2 Å². The van der Waals surface area contributed by atoms with Crippen LogP contribution in [0.5, 0.6) is 0 Å². The molecule has 0 unspecified atom stereocenters. The highest BCUT2D eigenvalue weighted by Crippen LogP contribution is 2.49. The van der Waals surface area contributed by atoms with Crippen LogP contribution >= 0.6 is 15.9 Å². The minimum absolute atomic E-state index is 0.00957. The molecular formula is C27H23BrF2N2O5S. The van der Waals surface area contributed by atoms with Gasteiger partial charge in [0.2, 0.25) is 10.0 Å². The van der Waals surface area contributed by atoms with Gasteiger partial charge in [-0.3, -0.25) is 4.79 Å². The number of carbonyl (C=O) groups is 1. The number of hydrogen-bond acceptors (Lipinski definition) is 5. The van der Waals surface area contributed by atoms with Gasteiger partial charge >= 0.3 is 0 Å². The summed E-state index contributed by atoms with van der Waals surface area (Å²) in [6.45, 7) is -0.508. The number of furan rings is 1. The van der Waals surface area contributed by atoms with E-state index >= 15 is 0 Å². The average molecular weight is 605 g/mol. The van der Waals surface area contributed by atoms with E-state index in [1.807, 2.05) is 0 Å². The van der Waals surface area contributed by atoms with Gasteiger partial charge in [-0.1, -0.05) is 0 Å². The molecule has 38 heavy (non-hydrogen) atoms. The lowest BCUT2D eigenvalue weighted by atomic mass is 10.00. The summed E-state index contributed by atoms with van der Waals surface area (Å²) in [4.78, 5) is 13.0. The lowest BCUT2D eigenvalue weighted by Crippen LogP contribution is -2.26. The number of nitrogens with one attached hydrogen (secondary N) is 1. The maximum atomic E-state index is 14.7. The predicted molar refractivity (Wildman–Crippen MR) is 144 cm³/mol. The number of aliphatic hydroxyl groups is 1. The molecule has 11 heteroatoms. The Morgan fingerprint density at radius 1 is 1.16 bits per heavy atom. The Morgan fingerprint density at radius 2 is 1.84 bits per heavy atom. The van der Waals surface area contributed by atoms with Crippen molar-refractivity contribution in [2.75, 3.05) is 17.6 Å². The fraction of sp³-hybridized carbons (Fsp3) is 0.222. The van der Waals surface area contributed by atoms with Crippen molar-refractivity contribution in [3.63, 3.8) is 0 Å². The van der Waals surface area contributed by atoms with E-state index < -0.39 is 34.2 Å². The summed E-state index contributed by atoms with van der Waals surface area (Å²) >= 11 is 3.09. The summed E-state index contributed by atoms with van der Waals surface area (Å²) in [5.74, 6) is -1.36. The molecule has 198 valence electrons. The van der Waals surface area contributed by atoms with Gasteiger partial charge in [-0.05, 0) is 88.3 Å². The second-order valence-corrected chi connectivity index (χ2v) is 11.8. The number of aliphatic hydroxyl groups excluding tert-OH is 1. The van der Waals surface area contributed by atoms with E-state index in [0.717, 1.165) is 29.5 Å². The van der Waals surface area contributed by atoms with Crippen LogP contribution in [0, 0.1) is 11.6 Å². The molecule has 0 spiro atoms. The van der Waals surface area contributed by atoms with Crippen molar-refractivity contribution in [3.8, 4) is 11.3 Å². The van der Waals surface area contributed by atoms with Gasteiger partial charge in [0.25, 0.3) is 5.91 Å². The topological polar surface area (TPSA) is 99.8 Å². The summed E-state index contributed by atoms with van der Waals surface area (Å²) in [6, 6.07) is 11.2. The Kier molecular flexibility index (Phi) is 6.79. The highest BCUT2D eigenvalue weighted by atomic mass is 79.9. The number of sulfonamides is 1. The van der Waals surface area contributed by atoms with Crippen molar-refractivity contribution in [2.45, 2.75) is 25.4 Å². The number of amides is 1. The molecule has 1 aliphatic rings. The number of fused-ring (bicyclic) bond motifs is 1. The minimum atomic E-state index is -4.00. The van der Waals surface area contributed by atoms with Crippen LogP contribution < -0.4 is 9.62 Å². The van der Waals surface area contributed by atoms with Crippen molar-refractivity contribution < 1.29 is 31.5 Å². The zero-order chi connectivity index (χ0) is 27.4. The molecule has 1 amide bonds. The lowest BCUT2D eigenvalue weighted by molar-refractivity contribution is 0.0964. The normalized spacial score (nSPS) is 13.6. The highest BCUT2D eigenvalue weighted by Gasteiger charge is 2.34. The Labute approximate surface area is 226 Å². The second kappa shape index (κ2) is 9.79. The third-order valence-electron chi connectivity index (χ3n) is 6.46. The number of hydrogen-bond donors (Lipinski definition) is 2. The van der Waals surface area contributed by atoms with E-state index in [0.29, 0.717) is 16.5 Å². The summed E-state index contributed by atoms with van der Waals surface area (Å²) in [5, 5.41) is 12.8. The molecule has 0 radical (unpaired) electrons. The van der Waals surface area contributed by atoms with E-state index in [4.69, 9.17) is 4.42 Å². The first-order valence-electron chi connectivity index (χ1n) is 11.7. The molecule has 0 saturated heterocycles. The molecule has 1 aromatic heterocycles. The first kappa shape index (κ1) is 26.3. The van der Waals surface area contributed by atoms with Gasteiger partial charge in [-0.2, -0.15) is 0 Å². The van der Waals surface area contributed by atoms with Crippen molar-refractivity contribution >= 4 is 54.2 Å². The number of rotatable bonds is 7. The number of anilines is 2. The molecule has 1 fully saturated rings. The van der Waals surface area contributed by atoms with Crippen LogP contribution in [0.2, 0.25) is 0 Å². The average Bonchev–Trinajstić information content (AvgIpc) is 3.65. The first-order chi connectivity index (χ1) is 18.0. The Morgan fingerprint density at radius 3 is 2.42 bits per heavy atom. The van der Waals surface area contributed by atoms with Gasteiger partial charge < -0.3 is 14.8 Å². The monoisotopic (exact) mass is 604 g/mol. The fourth-order valence-electron chi connectivity index (χ4n) is 4.57. The summed E-state index contributed by atoms with van der Waals surface area (Å²) < 4.78 is 61.8. The largest absolute Gasteiger partial charge is 0.455 e. The van der Waals surface area contributed by atoms with Crippen LogP contribution in [-0.2, 0) is 16.6 Å². The van der Waals surface area contributed by atoms with Gasteiger partial charge in [0.15, 0.2) is 0 Å². The maximum Gasteiger partial charge on any atom is 0.255 e. The van der Waals surface area contributed by atoms with Gasteiger partial charge in [0, 0.05) is 24.1 Å². The number of nitrogens with zero attached hydrogens (tertiary/aromatic N) is 1. The number of halogens is 3. The van der Waals surface area contributed by atoms with Gasteiger partial charge in [-0.25, -0.2) is 21.5 Å². The predicted octanol–water partition coefficient (Wildman–Crippen LogP) is 5.97. The molecule has 7 nitrogen and oxygen atoms in total. The van der Waals surface area contributed by atoms with Crippen LogP contribution in [0.25, 0.3) is 22.3 Å². The summed E-state index contributed by atoms with van der Waals surface area (Å²) in [6.07, 6.45) is 2.63. The van der Waals surface area contributed by atoms with Crippen LogP contribution in [0.3, 0.4) is 0 Å². The van der Waals surface area contributed by atoms with E-state index in [9.17, 15) is 27.1 Å². The zero-order valence-corrected chi connectivity index (χ0v) is 22.8. The quantitative estimate of drug-likeness (QED) is 0.271. The molecule has 4 aromatic rings. The Balaban J connectivity index is 1.81. The van der Waals surface area contributed by atoms with Crippen LogP contribution in [-0.4, -0.2) is 32.7 Å². The molecule has 1 aliphatic carbocycles. The Hall–Kier alpha value is -3.28. The van der Waals surface area contributed by atoms with Crippen molar-refractivity contribution in [3.05, 3.63) is 81.3 Å². The van der Waals surface area contributed by atoms with Gasteiger partial charge in [0.1, 0.15) is 23.0 Å². The zero-order valence-electron chi connectivity index (χ0n) is 20.4. The van der Waals surface area contributed by atoms with Gasteiger partial charge in [0.05, 0.1) is 34.3 Å². The van der Waals surface area contributed by atoms with Crippen LogP contribution in [0.15, 0.2) is 57.4 Å². The molecule has 0 atom stereocenters. The van der Waals surface area contributed by atoms with E-state index in [1.165, 1.54) is 43.4 Å². The molecule has 0 bridgehead atoms. The minimum Gasteiger partial charge on any atom is -0.455 e. The first-order valence-corrected chi connectivity index (χ1v) is 14.3. The highest BCUT2D eigenvalue weighted by molar-refractivity contribution is 9.10. The lowest BCUT2D eigenvalue weighted by Gasteiger charge is -2.26. The standard InChI is InChI=1S/C27H23BrF2N2O5S/c1-31-27(34)24-20-11-19(14-3-4-14)22(12-23(20)37-26(24)15-5-7-17(29)8-6-15)32(38(2,35)36)18-9-16(13-33)25(28)21(30)10-18/h5-12,14,33H,3-4,13H2,1-2H3,(H,31,34). The molecule has 0 aliphatic heterocycles.